The lowest BCUT2D eigenvalue weighted by molar-refractivity contribution is 0.122. The third-order valence-electron chi connectivity index (χ3n) is 7.90. The van der Waals surface area contributed by atoms with Gasteiger partial charge in [-0.05, 0) is 37.2 Å². The van der Waals surface area contributed by atoms with Crippen LogP contribution in [-0.2, 0) is 16.0 Å². The Bertz CT molecular complexity index is 1360. The summed E-state index contributed by atoms with van der Waals surface area (Å²) in [4.78, 5) is 45.6. The monoisotopic (exact) mass is 560 g/mol. The molecule has 13 nitrogen and oxygen atoms in total. The molecular formula is C28H36N10O3. The van der Waals surface area contributed by atoms with Crippen molar-refractivity contribution in [3.8, 4) is 11.3 Å². The number of anilines is 5. The second-order valence-corrected chi connectivity index (χ2v) is 10.3. The number of nitrogens with zero attached hydrogens (tertiary/aromatic N) is 9. The molecule has 0 saturated carbocycles. The van der Waals surface area contributed by atoms with Gasteiger partial charge < -0.3 is 30.0 Å². The number of benzene rings is 1. The number of ether oxygens (including phenoxy) is 1. The Morgan fingerprint density at radius 2 is 1.68 bits per heavy atom. The van der Waals surface area contributed by atoms with Crippen LogP contribution in [0.2, 0.25) is 0 Å². The number of hydroxylamine groups is 1. The van der Waals surface area contributed by atoms with Crippen molar-refractivity contribution in [2.45, 2.75) is 13.3 Å². The van der Waals surface area contributed by atoms with Gasteiger partial charge in [-0.15, -0.1) is 0 Å². The number of amides is 1. The fraction of sp³-hybridized carbons (Fsp3) is 0.464. The van der Waals surface area contributed by atoms with Gasteiger partial charge in [-0.2, -0.15) is 10.0 Å². The van der Waals surface area contributed by atoms with Crippen molar-refractivity contribution in [1.82, 2.24) is 24.8 Å². The summed E-state index contributed by atoms with van der Waals surface area (Å²) in [5, 5.41) is 1.56. The van der Waals surface area contributed by atoms with Crippen LogP contribution in [-0.4, -0.2) is 104 Å². The van der Waals surface area contributed by atoms with E-state index in [0.29, 0.717) is 56.7 Å². The van der Waals surface area contributed by atoms with Gasteiger partial charge in [0.2, 0.25) is 11.9 Å². The lowest BCUT2D eigenvalue weighted by atomic mass is 10.1. The van der Waals surface area contributed by atoms with Crippen LogP contribution in [0.15, 0.2) is 36.7 Å². The van der Waals surface area contributed by atoms with Gasteiger partial charge >= 0.3 is 6.09 Å². The number of hydrogen-bond acceptors (Lipinski definition) is 12. The van der Waals surface area contributed by atoms with Crippen molar-refractivity contribution in [2.75, 3.05) is 98.1 Å². The fourth-order valence-electron chi connectivity index (χ4n) is 5.38. The summed E-state index contributed by atoms with van der Waals surface area (Å²) in [7, 11) is 1.71. The van der Waals surface area contributed by atoms with Gasteiger partial charge in [0.15, 0.2) is 5.82 Å². The van der Waals surface area contributed by atoms with E-state index < -0.39 is 6.09 Å². The van der Waals surface area contributed by atoms with Crippen LogP contribution in [0.5, 0.6) is 0 Å². The minimum atomic E-state index is -0.494. The van der Waals surface area contributed by atoms with Crippen LogP contribution in [0.1, 0.15) is 12.5 Å². The van der Waals surface area contributed by atoms with Crippen LogP contribution >= 0.6 is 0 Å². The first-order chi connectivity index (χ1) is 20.0. The molecule has 5 heterocycles. The molecule has 13 heteroatoms. The van der Waals surface area contributed by atoms with E-state index in [1.54, 1.807) is 24.5 Å². The normalized spacial score (nSPS) is 17.5. The van der Waals surface area contributed by atoms with Gasteiger partial charge in [-0.25, -0.2) is 19.7 Å². The number of nitrogen functional groups attached to an aromatic ring is 1. The number of morpholine rings is 1. The summed E-state index contributed by atoms with van der Waals surface area (Å²) in [5.74, 6) is 1.31. The van der Waals surface area contributed by atoms with Crippen molar-refractivity contribution in [1.29, 1.82) is 0 Å². The third-order valence-corrected chi connectivity index (χ3v) is 7.90. The number of hydrogen-bond donors (Lipinski definition) is 1. The molecule has 3 aliphatic rings. The molecule has 1 amide bonds. The fourth-order valence-corrected chi connectivity index (χ4v) is 5.38. The molecular weight excluding hydrogens is 524 g/mol. The van der Waals surface area contributed by atoms with Crippen LogP contribution < -0.4 is 25.5 Å². The summed E-state index contributed by atoms with van der Waals surface area (Å²) in [6, 6.07) is 8.04. The number of rotatable bonds is 6. The summed E-state index contributed by atoms with van der Waals surface area (Å²) in [6.45, 7) is 10.4. The standard InChI is InChI=1S/C28H36N10O3/c1-3-35-10-12-36(13-11-35)22-6-4-21(5-7-22)34(2)28(39)41-38-9-8-23-24(20-18-30-26(29)31-19-20)32-27(33-25(23)38)37-14-16-40-17-15-37/h4-7,18-19H,3,8-17H2,1-2H3,(H2,29,30,31). The summed E-state index contributed by atoms with van der Waals surface area (Å²) in [6.07, 6.45) is 3.43. The molecule has 6 rings (SSSR count). The molecule has 41 heavy (non-hydrogen) atoms. The molecule has 2 aromatic heterocycles. The largest absolute Gasteiger partial charge is 0.438 e. The maximum Gasteiger partial charge on any atom is 0.438 e. The molecule has 2 saturated heterocycles. The van der Waals surface area contributed by atoms with E-state index in [1.165, 1.54) is 4.90 Å². The second-order valence-electron chi connectivity index (χ2n) is 10.3. The van der Waals surface area contributed by atoms with E-state index in [1.807, 2.05) is 12.1 Å². The molecule has 2 fully saturated rings. The van der Waals surface area contributed by atoms with Gasteiger partial charge in [0.1, 0.15) is 0 Å². The van der Waals surface area contributed by atoms with Crippen molar-refractivity contribution in [3.05, 3.63) is 42.2 Å². The number of piperazine rings is 1. The predicted octanol–water partition coefficient (Wildman–Crippen LogP) is 2.04. The minimum absolute atomic E-state index is 0.193. The summed E-state index contributed by atoms with van der Waals surface area (Å²) in [5.41, 5.74) is 9.94. The Hall–Kier alpha value is -4.23. The van der Waals surface area contributed by atoms with E-state index in [9.17, 15) is 4.79 Å². The maximum atomic E-state index is 13.3. The average molecular weight is 561 g/mol. The summed E-state index contributed by atoms with van der Waals surface area (Å²) >= 11 is 0. The first-order valence-electron chi connectivity index (χ1n) is 14.1. The number of fused-ring (bicyclic) bond motifs is 1. The molecule has 0 spiro atoms. The van der Waals surface area contributed by atoms with E-state index in [4.69, 9.17) is 25.3 Å². The van der Waals surface area contributed by atoms with Gasteiger partial charge in [0.25, 0.3) is 0 Å². The Morgan fingerprint density at radius 1 is 0.976 bits per heavy atom. The van der Waals surface area contributed by atoms with E-state index in [2.05, 4.69) is 43.7 Å². The summed E-state index contributed by atoms with van der Waals surface area (Å²) < 4.78 is 5.51. The number of aromatic nitrogens is 4. The second kappa shape index (κ2) is 11.7. The number of likely N-dealkylation sites (N-methyl/N-ethyl adjacent to an activating group) is 1. The highest BCUT2D eigenvalue weighted by atomic mass is 16.7. The molecule has 0 radical (unpaired) electrons. The van der Waals surface area contributed by atoms with E-state index in [-0.39, 0.29) is 5.95 Å². The van der Waals surface area contributed by atoms with Crippen LogP contribution in [0.3, 0.4) is 0 Å². The molecule has 216 valence electrons. The lowest BCUT2D eigenvalue weighted by Gasteiger charge is -2.35. The Balaban J connectivity index is 1.20. The quantitative estimate of drug-likeness (QED) is 0.474. The smallest absolute Gasteiger partial charge is 0.378 e. The predicted molar refractivity (Wildman–Crippen MR) is 157 cm³/mol. The van der Waals surface area contributed by atoms with Crippen LogP contribution in [0.4, 0.5) is 33.9 Å². The molecule has 3 aliphatic heterocycles. The Kier molecular flexibility index (Phi) is 7.70. The van der Waals surface area contributed by atoms with Gasteiger partial charge in [-0.1, -0.05) is 6.92 Å². The first-order valence-corrected chi connectivity index (χ1v) is 14.1. The first kappa shape index (κ1) is 27.0. The van der Waals surface area contributed by atoms with Crippen molar-refractivity contribution >= 4 is 35.2 Å². The zero-order valence-electron chi connectivity index (χ0n) is 23.6. The number of carbonyl (C=O) groups excluding carboxylic acids is 1. The highest BCUT2D eigenvalue weighted by Gasteiger charge is 2.32. The Labute approximate surface area is 239 Å². The van der Waals surface area contributed by atoms with Crippen molar-refractivity contribution in [3.63, 3.8) is 0 Å². The van der Waals surface area contributed by atoms with Crippen LogP contribution in [0, 0.1) is 0 Å². The van der Waals surface area contributed by atoms with Gasteiger partial charge in [-0.3, -0.25) is 4.90 Å². The molecule has 0 bridgehead atoms. The zero-order chi connectivity index (χ0) is 28.3. The number of nitrogens with two attached hydrogens (primary N) is 1. The van der Waals surface area contributed by atoms with Gasteiger partial charge in [0, 0.05) is 81.2 Å². The highest BCUT2D eigenvalue weighted by molar-refractivity contribution is 5.88. The van der Waals surface area contributed by atoms with Crippen molar-refractivity contribution in [2.24, 2.45) is 0 Å². The zero-order valence-corrected chi connectivity index (χ0v) is 23.6. The van der Waals surface area contributed by atoms with Crippen LogP contribution in [0.25, 0.3) is 11.3 Å². The van der Waals surface area contributed by atoms with E-state index in [0.717, 1.165) is 55.2 Å². The Morgan fingerprint density at radius 3 is 2.37 bits per heavy atom. The molecule has 0 aliphatic carbocycles. The molecule has 0 unspecified atom stereocenters. The van der Waals surface area contributed by atoms with Gasteiger partial charge in [0.05, 0.1) is 25.5 Å². The van der Waals surface area contributed by atoms with E-state index >= 15 is 0 Å². The van der Waals surface area contributed by atoms with Crippen molar-refractivity contribution < 1.29 is 14.4 Å². The molecule has 2 N–H and O–H groups in total. The molecule has 0 atom stereocenters. The number of carbonyl (C=O) groups is 1. The molecule has 3 aromatic rings. The SMILES string of the molecule is CCN1CCN(c2ccc(N(C)C(=O)ON3CCc4c(-c5cnc(N)nc5)nc(N5CCOCC5)nc43)cc2)CC1. The topological polar surface area (TPSA) is 129 Å². The highest BCUT2D eigenvalue weighted by Crippen LogP contribution is 2.36. The maximum absolute atomic E-state index is 13.3. The minimum Gasteiger partial charge on any atom is -0.378 e. The average Bonchev–Trinajstić information content (AvgIpc) is 3.43. The lowest BCUT2D eigenvalue weighted by Crippen LogP contribution is -2.46. The molecule has 1 aromatic carbocycles. The third kappa shape index (κ3) is 5.68.